The first kappa shape index (κ1) is 12.8. The van der Waals surface area contributed by atoms with Gasteiger partial charge in [0.2, 0.25) is 0 Å². The number of aromatic nitrogens is 3. The van der Waals surface area contributed by atoms with Gasteiger partial charge in [-0.05, 0) is 38.5 Å². The van der Waals surface area contributed by atoms with Crippen LogP contribution in [-0.2, 0) is 13.1 Å². The first-order chi connectivity index (χ1) is 8.68. The van der Waals surface area contributed by atoms with E-state index >= 15 is 0 Å². The number of nitrogens with one attached hydrogen (secondary N) is 1. The molecule has 0 spiro atoms. The van der Waals surface area contributed by atoms with Crippen LogP contribution in [0.5, 0.6) is 0 Å². The van der Waals surface area contributed by atoms with Crippen LogP contribution in [-0.4, -0.2) is 21.3 Å². The van der Waals surface area contributed by atoms with Crippen molar-refractivity contribution in [2.75, 3.05) is 6.54 Å². The average Bonchev–Trinajstić information content (AvgIpc) is 2.64. The molecule has 0 aromatic carbocycles. The molecule has 4 nitrogen and oxygen atoms in total. The van der Waals surface area contributed by atoms with Gasteiger partial charge in [-0.3, -0.25) is 9.67 Å². The summed E-state index contributed by atoms with van der Waals surface area (Å²) in [5, 5.41) is 7.90. The summed E-state index contributed by atoms with van der Waals surface area (Å²) in [7, 11) is 0. The first-order valence-corrected chi connectivity index (χ1v) is 6.29. The molecule has 0 saturated heterocycles. The molecule has 0 bridgehead atoms. The molecule has 0 aliphatic carbocycles. The van der Waals surface area contributed by atoms with Gasteiger partial charge in [-0.1, -0.05) is 6.07 Å². The molecule has 0 saturated carbocycles. The van der Waals surface area contributed by atoms with E-state index in [9.17, 15) is 0 Å². The number of aryl methyl sites for hydroxylation is 1. The second kappa shape index (κ2) is 5.78. The zero-order valence-electron chi connectivity index (χ0n) is 11.3. The molecule has 2 rings (SSSR count). The van der Waals surface area contributed by atoms with Gasteiger partial charge in [0.25, 0.3) is 0 Å². The lowest BCUT2D eigenvalue weighted by Crippen LogP contribution is -2.21. The second-order valence-electron chi connectivity index (χ2n) is 4.52. The van der Waals surface area contributed by atoms with Gasteiger partial charge in [0.05, 0.1) is 17.9 Å². The van der Waals surface area contributed by atoms with Gasteiger partial charge in [-0.15, -0.1) is 0 Å². The minimum Gasteiger partial charge on any atom is -0.309 e. The molecule has 18 heavy (non-hydrogen) atoms. The third-order valence-electron chi connectivity index (χ3n) is 3.28. The molecule has 0 radical (unpaired) electrons. The molecule has 4 heteroatoms. The van der Waals surface area contributed by atoms with Gasteiger partial charge in [-0.2, -0.15) is 5.10 Å². The van der Waals surface area contributed by atoms with Crippen molar-refractivity contribution in [3.63, 3.8) is 0 Å². The molecule has 0 aliphatic rings. The Hall–Kier alpha value is -1.68. The third kappa shape index (κ3) is 2.96. The van der Waals surface area contributed by atoms with E-state index in [0.29, 0.717) is 0 Å². The van der Waals surface area contributed by atoms with Crippen LogP contribution in [0, 0.1) is 20.8 Å². The fourth-order valence-corrected chi connectivity index (χ4v) is 1.91. The number of pyridine rings is 1. The highest BCUT2D eigenvalue weighted by Gasteiger charge is 2.06. The van der Waals surface area contributed by atoms with E-state index in [2.05, 4.69) is 40.9 Å². The van der Waals surface area contributed by atoms with Gasteiger partial charge in [-0.25, -0.2) is 0 Å². The highest BCUT2D eigenvalue weighted by molar-refractivity contribution is 5.22. The lowest BCUT2D eigenvalue weighted by Gasteiger charge is -2.06. The summed E-state index contributed by atoms with van der Waals surface area (Å²) in [6.45, 7) is 8.90. The maximum absolute atomic E-state index is 4.52. The van der Waals surface area contributed by atoms with Crippen molar-refractivity contribution in [3.8, 4) is 0 Å². The van der Waals surface area contributed by atoms with Crippen LogP contribution in [0.3, 0.4) is 0 Å². The molecule has 2 heterocycles. The number of hydrogen-bond donors (Lipinski definition) is 1. The Morgan fingerprint density at radius 3 is 2.67 bits per heavy atom. The number of nitrogens with zero attached hydrogens (tertiary/aromatic N) is 3. The Kier molecular flexibility index (Phi) is 4.10. The Labute approximate surface area is 108 Å². The molecular formula is C14H20N4. The van der Waals surface area contributed by atoms with E-state index in [1.165, 1.54) is 11.3 Å². The Bertz CT molecular complexity index is 502. The van der Waals surface area contributed by atoms with Crippen molar-refractivity contribution in [1.82, 2.24) is 20.1 Å². The molecule has 96 valence electrons. The van der Waals surface area contributed by atoms with Crippen LogP contribution in [0.4, 0.5) is 0 Å². The monoisotopic (exact) mass is 244 g/mol. The van der Waals surface area contributed by atoms with E-state index in [1.807, 2.05) is 24.4 Å². The van der Waals surface area contributed by atoms with E-state index in [1.54, 1.807) is 0 Å². The largest absolute Gasteiger partial charge is 0.309 e. The van der Waals surface area contributed by atoms with E-state index < -0.39 is 0 Å². The van der Waals surface area contributed by atoms with Crippen LogP contribution in [0.2, 0.25) is 0 Å². The third-order valence-corrected chi connectivity index (χ3v) is 3.28. The molecule has 0 atom stereocenters. The topological polar surface area (TPSA) is 42.7 Å². The molecule has 0 fully saturated rings. The van der Waals surface area contributed by atoms with Crippen molar-refractivity contribution in [2.45, 2.75) is 33.9 Å². The van der Waals surface area contributed by atoms with Gasteiger partial charge in [0.1, 0.15) is 0 Å². The van der Waals surface area contributed by atoms with Crippen LogP contribution < -0.4 is 5.32 Å². The quantitative estimate of drug-likeness (QED) is 0.818. The summed E-state index contributed by atoms with van der Waals surface area (Å²) >= 11 is 0. The van der Waals surface area contributed by atoms with E-state index in [0.717, 1.165) is 31.0 Å². The average molecular weight is 244 g/mol. The standard InChI is InChI=1S/C14H20N4/c1-11-12(2)17-18(13(11)3)9-8-15-10-14-6-4-5-7-16-14/h4-7,15H,8-10H2,1-3H3. The zero-order valence-corrected chi connectivity index (χ0v) is 11.3. The summed E-state index contributed by atoms with van der Waals surface area (Å²) in [6, 6.07) is 5.97. The predicted octanol–water partition coefficient (Wildman–Crippen LogP) is 1.99. The number of hydrogen-bond acceptors (Lipinski definition) is 3. The molecular weight excluding hydrogens is 224 g/mol. The maximum Gasteiger partial charge on any atom is 0.0625 e. The highest BCUT2D eigenvalue weighted by Crippen LogP contribution is 2.10. The first-order valence-electron chi connectivity index (χ1n) is 6.29. The fourth-order valence-electron chi connectivity index (χ4n) is 1.91. The molecule has 2 aromatic heterocycles. The molecule has 0 amide bonds. The van der Waals surface area contributed by atoms with Crippen molar-refractivity contribution in [1.29, 1.82) is 0 Å². The minimum absolute atomic E-state index is 0.805. The Morgan fingerprint density at radius 2 is 2.06 bits per heavy atom. The normalized spacial score (nSPS) is 10.8. The minimum atomic E-state index is 0.805. The van der Waals surface area contributed by atoms with Crippen LogP contribution >= 0.6 is 0 Å². The van der Waals surface area contributed by atoms with E-state index in [-0.39, 0.29) is 0 Å². The van der Waals surface area contributed by atoms with Gasteiger partial charge in [0.15, 0.2) is 0 Å². The van der Waals surface area contributed by atoms with Crippen molar-refractivity contribution >= 4 is 0 Å². The van der Waals surface area contributed by atoms with Gasteiger partial charge in [0, 0.05) is 25.0 Å². The molecule has 2 aromatic rings. The highest BCUT2D eigenvalue weighted by atomic mass is 15.3. The number of rotatable bonds is 5. The molecule has 0 aliphatic heterocycles. The summed E-state index contributed by atoms with van der Waals surface area (Å²) in [5.41, 5.74) is 4.74. The summed E-state index contributed by atoms with van der Waals surface area (Å²) in [6.07, 6.45) is 1.82. The lowest BCUT2D eigenvalue weighted by atomic mass is 10.2. The molecule has 1 N–H and O–H groups in total. The second-order valence-corrected chi connectivity index (χ2v) is 4.52. The maximum atomic E-state index is 4.52. The Balaban J connectivity index is 1.80. The van der Waals surface area contributed by atoms with Gasteiger partial charge >= 0.3 is 0 Å². The SMILES string of the molecule is Cc1nn(CCNCc2ccccn2)c(C)c1C. The smallest absolute Gasteiger partial charge is 0.0625 e. The predicted molar refractivity (Wildman–Crippen MR) is 72.4 cm³/mol. The zero-order chi connectivity index (χ0) is 13.0. The van der Waals surface area contributed by atoms with Crippen LogP contribution in [0.1, 0.15) is 22.6 Å². The van der Waals surface area contributed by atoms with Crippen LogP contribution in [0.25, 0.3) is 0 Å². The summed E-state index contributed by atoms with van der Waals surface area (Å²) < 4.78 is 2.07. The van der Waals surface area contributed by atoms with Crippen molar-refractivity contribution < 1.29 is 0 Å². The Morgan fingerprint density at radius 1 is 1.22 bits per heavy atom. The van der Waals surface area contributed by atoms with Crippen molar-refractivity contribution in [2.24, 2.45) is 0 Å². The molecule has 0 unspecified atom stereocenters. The summed E-state index contributed by atoms with van der Waals surface area (Å²) in [5.74, 6) is 0. The van der Waals surface area contributed by atoms with Crippen molar-refractivity contribution in [3.05, 3.63) is 47.0 Å². The van der Waals surface area contributed by atoms with E-state index in [4.69, 9.17) is 0 Å². The van der Waals surface area contributed by atoms with Crippen LogP contribution in [0.15, 0.2) is 24.4 Å². The lowest BCUT2D eigenvalue weighted by molar-refractivity contribution is 0.539. The van der Waals surface area contributed by atoms with Gasteiger partial charge < -0.3 is 5.32 Å². The fraction of sp³-hybridized carbons (Fsp3) is 0.429. The summed E-state index contributed by atoms with van der Waals surface area (Å²) in [4.78, 5) is 4.27.